The van der Waals surface area contributed by atoms with E-state index in [1.165, 1.54) is 19.3 Å². The lowest BCUT2D eigenvalue weighted by molar-refractivity contribution is 0.208. The van der Waals surface area contributed by atoms with E-state index < -0.39 is 0 Å². The predicted octanol–water partition coefficient (Wildman–Crippen LogP) is 2.36. The van der Waals surface area contributed by atoms with Crippen LogP contribution in [0.15, 0.2) is 4.52 Å². The zero-order valence-electron chi connectivity index (χ0n) is 13.0. The van der Waals surface area contributed by atoms with Crippen LogP contribution in [0.25, 0.3) is 0 Å². The van der Waals surface area contributed by atoms with Gasteiger partial charge in [0.1, 0.15) is 0 Å². The van der Waals surface area contributed by atoms with Crippen LogP contribution in [-0.2, 0) is 12.0 Å². The summed E-state index contributed by atoms with van der Waals surface area (Å²) in [5.74, 6) is 1.52. The lowest BCUT2D eigenvalue weighted by Gasteiger charge is -2.25. The van der Waals surface area contributed by atoms with Crippen LogP contribution >= 0.6 is 12.4 Å². The Labute approximate surface area is 127 Å². The minimum Gasteiger partial charge on any atom is -0.339 e. The molecule has 2 rings (SSSR count). The van der Waals surface area contributed by atoms with Crippen LogP contribution in [-0.4, -0.2) is 41.2 Å². The van der Waals surface area contributed by atoms with E-state index >= 15 is 0 Å². The lowest BCUT2D eigenvalue weighted by Crippen LogP contribution is -2.32. The van der Waals surface area contributed by atoms with Crippen molar-refractivity contribution in [1.29, 1.82) is 0 Å². The molecule has 1 aromatic heterocycles. The van der Waals surface area contributed by atoms with Crippen molar-refractivity contribution in [1.82, 2.24) is 20.4 Å². The first-order chi connectivity index (χ1) is 8.97. The Morgan fingerprint density at radius 1 is 1.30 bits per heavy atom. The van der Waals surface area contributed by atoms with Crippen molar-refractivity contribution >= 4 is 12.4 Å². The summed E-state index contributed by atoms with van der Waals surface area (Å²) >= 11 is 0. The second-order valence-electron chi connectivity index (χ2n) is 6.52. The van der Waals surface area contributed by atoms with E-state index in [1.807, 2.05) is 0 Å². The summed E-state index contributed by atoms with van der Waals surface area (Å²) in [6, 6.07) is 0.617. The van der Waals surface area contributed by atoms with Gasteiger partial charge in [-0.3, -0.25) is 4.90 Å². The highest BCUT2D eigenvalue weighted by atomic mass is 35.5. The van der Waals surface area contributed by atoms with Gasteiger partial charge in [-0.25, -0.2) is 0 Å². The second-order valence-corrected chi connectivity index (χ2v) is 6.52. The highest BCUT2D eigenvalue weighted by Gasteiger charge is 2.23. The van der Waals surface area contributed by atoms with Crippen molar-refractivity contribution in [2.45, 2.75) is 58.0 Å². The zero-order chi connectivity index (χ0) is 13.9. The molecule has 5 nitrogen and oxygen atoms in total. The molecule has 1 N–H and O–H groups in total. The highest BCUT2D eigenvalue weighted by molar-refractivity contribution is 5.85. The highest BCUT2D eigenvalue weighted by Crippen LogP contribution is 2.20. The van der Waals surface area contributed by atoms with Gasteiger partial charge in [0, 0.05) is 11.5 Å². The van der Waals surface area contributed by atoms with Gasteiger partial charge in [0.2, 0.25) is 5.89 Å². The molecule has 6 heteroatoms. The number of halogens is 1. The predicted molar refractivity (Wildman–Crippen MR) is 82.2 cm³/mol. The van der Waals surface area contributed by atoms with E-state index in [2.05, 4.69) is 48.2 Å². The largest absolute Gasteiger partial charge is 0.339 e. The maximum atomic E-state index is 5.34. The van der Waals surface area contributed by atoms with E-state index in [-0.39, 0.29) is 17.8 Å². The van der Waals surface area contributed by atoms with Crippen LogP contribution in [0, 0.1) is 0 Å². The fourth-order valence-electron chi connectivity index (χ4n) is 2.42. The molecule has 1 atom stereocenters. The molecule has 0 spiro atoms. The Kier molecular flexibility index (Phi) is 6.43. The number of nitrogens with one attached hydrogen (secondary N) is 1. The quantitative estimate of drug-likeness (QED) is 0.929. The summed E-state index contributed by atoms with van der Waals surface area (Å²) in [6.07, 6.45) is 3.68. The molecule has 0 radical (unpaired) electrons. The lowest BCUT2D eigenvalue weighted by atomic mass is 9.97. The maximum Gasteiger partial charge on any atom is 0.232 e. The first-order valence-corrected chi connectivity index (χ1v) is 7.21. The third-order valence-electron chi connectivity index (χ3n) is 3.67. The standard InChI is InChI=1S/C14H26N4O.ClH/c1-14(2,3)13-16-12(17-19-13)10-18(4)11-6-5-8-15-9-7-11;/h11,15H,5-10H2,1-4H3;1H. The van der Waals surface area contributed by atoms with E-state index in [4.69, 9.17) is 4.52 Å². The molecule has 20 heavy (non-hydrogen) atoms. The van der Waals surface area contributed by atoms with Crippen molar-refractivity contribution in [2.24, 2.45) is 0 Å². The molecule has 0 aromatic carbocycles. The Bertz CT molecular complexity index is 394. The fourth-order valence-corrected chi connectivity index (χ4v) is 2.42. The van der Waals surface area contributed by atoms with Crippen LogP contribution < -0.4 is 5.32 Å². The minimum atomic E-state index is -0.0734. The Hall–Kier alpha value is -0.650. The average molecular weight is 303 g/mol. The molecule has 0 bridgehead atoms. The molecule has 0 amide bonds. The zero-order valence-corrected chi connectivity index (χ0v) is 13.8. The molecule has 0 saturated carbocycles. The van der Waals surface area contributed by atoms with Gasteiger partial charge in [-0.15, -0.1) is 12.4 Å². The Morgan fingerprint density at radius 3 is 2.70 bits per heavy atom. The molecular formula is C14H27ClN4O. The van der Waals surface area contributed by atoms with Crippen molar-refractivity contribution in [3.63, 3.8) is 0 Å². The molecule has 0 aliphatic carbocycles. The van der Waals surface area contributed by atoms with Crippen LogP contribution in [0.3, 0.4) is 0 Å². The number of hydrogen-bond donors (Lipinski definition) is 1. The van der Waals surface area contributed by atoms with E-state index in [1.54, 1.807) is 0 Å². The Balaban J connectivity index is 0.00000200. The van der Waals surface area contributed by atoms with E-state index in [0.29, 0.717) is 6.04 Å². The summed E-state index contributed by atoms with van der Waals surface area (Å²) in [4.78, 5) is 6.86. The van der Waals surface area contributed by atoms with Gasteiger partial charge in [0.05, 0.1) is 6.54 Å². The second kappa shape index (κ2) is 7.38. The topological polar surface area (TPSA) is 54.2 Å². The van der Waals surface area contributed by atoms with Crippen molar-refractivity contribution < 1.29 is 4.52 Å². The van der Waals surface area contributed by atoms with Crippen molar-refractivity contribution in [3.8, 4) is 0 Å². The molecule has 2 heterocycles. The summed E-state index contributed by atoms with van der Waals surface area (Å²) in [5, 5.41) is 7.54. The summed E-state index contributed by atoms with van der Waals surface area (Å²) in [7, 11) is 2.16. The molecule has 1 aromatic rings. The molecule has 1 aliphatic rings. The smallest absolute Gasteiger partial charge is 0.232 e. The van der Waals surface area contributed by atoms with Gasteiger partial charge in [-0.1, -0.05) is 25.9 Å². The van der Waals surface area contributed by atoms with Gasteiger partial charge in [-0.2, -0.15) is 4.98 Å². The summed E-state index contributed by atoms with van der Waals surface area (Å²) in [5.41, 5.74) is -0.0734. The molecule has 1 fully saturated rings. The molecule has 116 valence electrons. The van der Waals surface area contributed by atoms with Gasteiger partial charge in [0.25, 0.3) is 0 Å². The number of rotatable bonds is 3. The third kappa shape index (κ3) is 4.72. The van der Waals surface area contributed by atoms with Crippen LogP contribution in [0.5, 0.6) is 0 Å². The summed E-state index contributed by atoms with van der Waals surface area (Å²) in [6.45, 7) is 9.28. The Morgan fingerprint density at radius 2 is 2.05 bits per heavy atom. The third-order valence-corrected chi connectivity index (χ3v) is 3.67. The summed E-state index contributed by atoms with van der Waals surface area (Å²) < 4.78 is 5.34. The van der Waals surface area contributed by atoms with Crippen molar-refractivity contribution in [3.05, 3.63) is 11.7 Å². The van der Waals surface area contributed by atoms with Gasteiger partial charge in [0.15, 0.2) is 5.82 Å². The normalized spacial score (nSPS) is 20.6. The van der Waals surface area contributed by atoms with Crippen LogP contribution in [0.2, 0.25) is 0 Å². The SMILES string of the molecule is CN(Cc1noc(C(C)(C)C)n1)C1CCCNCC1.Cl. The molecule has 1 aliphatic heterocycles. The van der Waals surface area contributed by atoms with Gasteiger partial charge < -0.3 is 9.84 Å². The number of nitrogens with zero attached hydrogens (tertiary/aromatic N) is 3. The maximum absolute atomic E-state index is 5.34. The van der Waals surface area contributed by atoms with Crippen molar-refractivity contribution in [2.75, 3.05) is 20.1 Å². The molecule has 1 saturated heterocycles. The molecule has 1 unspecified atom stereocenters. The number of aromatic nitrogens is 2. The molecular weight excluding hydrogens is 276 g/mol. The minimum absolute atomic E-state index is 0. The van der Waals surface area contributed by atoms with Gasteiger partial charge >= 0.3 is 0 Å². The van der Waals surface area contributed by atoms with E-state index in [9.17, 15) is 0 Å². The first-order valence-electron chi connectivity index (χ1n) is 7.21. The van der Waals surface area contributed by atoms with Crippen LogP contribution in [0.1, 0.15) is 51.7 Å². The first kappa shape index (κ1) is 17.4. The average Bonchev–Trinajstić information content (AvgIpc) is 2.63. The fraction of sp³-hybridized carbons (Fsp3) is 0.857. The monoisotopic (exact) mass is 302 g/mol. The van der Waals surface area contributed by atoms with E-state index in [0.717, 1.165) is 31.3 Å². The van der Waals surface area contributed by atoms with Gasteiger partial charge in [-0.05, 0) is 39.4 Å². The van der Waals surface area contributed by atoms with Crippen LogP contribution in [0.4, 0.5) is 0 Å². The number of hydrogen-bond acceptors (Lipinski definition) is 5.